The highest BCUT2D eigenvalue weighted by Crippen LogP contribution is 2.17. The van der Waals surface area contributed by atoms with Gasteiger partial charge in [-0.05, 0) is 48.4 Å². The predicted molar refractivity (Wildman–Crippen MR) is 93.4 cm³/mol. The second kappa shape index (κ2) is 7.20. The van der Waals surface area contributed by atoms with Crippen LogP contribution in [0.15, 0.2) is 54.7 Å². The van der Waals surface area contributed by atoms with Crippen molar-refractivity contribution < 1.29 is 0 Å². The first-order chi connectivity index (χ1) is 11.8. The summed E-state index contributed by atoms with van der Waals surface area (Å²) in [5.74, 6) is 0.986. The van der Waals surface area contributed by atoms with Crippen molar-refractivity contribution in [2.75, 3.05) is 10.6 Å². The second-order valence-corrected chi connectivity index (χ2v) is 5.15. The van der Waals surface area contributed by atoms with E-state index >= 15 is 0 Å². The second-order valence-electron chi connectivity index (χ2n) is 5.15. The van der Waals surface area contributed by atoms with E-state index in [0.29, 0.717) is 17.3 Å². The summed E-state index contributed by atoms with van der Waals surface area (Å²) in [5, 5.41) is 23.0. The van der Waals surface area contributed by atoms with Crippen LogP contribution in [0.5, 0.6) is 0 Å². The predicted octanol–water partition coefficient (Wildman–Crippen LogP) is 3.79. The topological polar surface area (TPSA) is 86.5 Å². The smallest absolute Gasteiger partial charge is 0.249 e. The molecule has 0 spiro atoms. The fraction of sp³-hybridized carbons (Fsp3) is 0.111. The molecule has 0 amide bonds. The molecule has 0 bridgehead atoms. The van der Waals surface area contributed by atoms with Gasteiger partial charge in [0.2, 0.25) is 5.95 Å². The van der Waals surface area contributed by atoms with Crippen LogP contribution in [0.1, 0.15) is 18.1 Å². The van der Waals surface area contributed by atoms with Crippen LogP contribution >= 0.6 is 0 Å². The molecule has 0 saturated carbocycles. The maximum atomic E-state index is 8.81. The van der Waals surface area contributed by atoms with Gasteiger partial charge in [0, 0.05) is 11.4 Å². The van der Waals surface area contributed by atoms with Gasteiger partial charge in [-0.3, -0.25) is 0 Å². The Bertz CT molecular complexity index is 850. The first-order valence-corrected chi connectivity index (χ1v) is 7.59. The molecule has 0 atom stereocenters. The van der Waals surface area contributed by atoms with Gasteiger partial charge in [0.1, 0.15) is 0 Å². The van der Waals surface area contributed by atoms with Crippen molar-refractivity contribution in [1.29, 1.82) is 5.26 Å². The van der Waals surface area contributed by atoms with Crippen LogP contribution in [0, 0.1) is 11.3 Å². The number of rotatable bonds is 5. The van der Waals surface area contributed by atoms with Crippen LogP contribution < -0.4 is 10.6 Å². The van der Waals surface area contributed by atoms with Crippen molar-refractivity contribution in [2.45, 2.75) is 13.3 Å². The average molecular weight is 316 g/mol. The van der Waals surface area contributed by atoms with E-state index in [4.69, 9.17) is 5.26 Å². The third-order valence-electron chi connectivity index (χ3n) is 3.46. The highest BCUT2D eigenvalue weighted by atomic mass is 15.3. The number of nitriles is 1. The summed E-state index contributed by atoms with van der Waals surface area (Å²) in [6, 6.07) is 17.3. The molecule has 24 heavy (non-hydrogen) atoms. The Hall–Kier alpha value is -3.46. The molecular weight excluding hydrogens is 300 g/mol. The number of hydrogen-bond donors (Lipinski definition) is 2. The molecule has 6 nitrogen and oxygen atoms in total. The summed E-state index contributed by atoms with van der Waals surface area (Å²) < 4.78 is 0. The minimum Gasteiger partial charge on any atom is -0.339 e. The summed E-state index contributed by atoms with van der Waals surface area (Å²) >= 11 is 0. The van der Waals surface area contributed by atoms with E-state index in [2.05, 4.69) is 50.9 Å². The lowest BCUT2D eigenvalue weighted by Gasteiger charge is -2.08. The summed E-state index contributed by atoms with van der Waals surface area (Å²) in [7, 11) is 0. The molecule has 0 radical (unpaired) electrons. The number of hydrogen-bond acceptors (Lipinski definition) is 6. The lowest BCUT2D eigenvalue weighted by atomic mass is 10.1. The summed E-state index contributed by atoms with van der Waals surface area (Å²) in [4.78, 5) is 4.39. The number of nitrogens with zero attached hydrogens (tertiary/aromatic N) is 4. The van der Waals surface area contributed by atoms with Gasteiger partial charge in [0.25, 0.3) is 0 Å². The molecular formula is C18H16N6. The van der Waals surface area contributed by atoms with E-state index in [9.17, 15) is 0 Å². The van der Waals surface area contributed by atoms with E-state index in [1.807, 2.05) is 12.1 Å². The van der Waals surface area contributed by atoms with Crippen molar-refractivity contribution >= 4 is 23.1 Å². The third kappa shape index (κ3) is 3.84. The Morgan fingerprint density at radius 1 is 0.958 bits per heavy atom. The molecule has 2 aromatic carbocycles. The normalized spacial score (nSPS) is 10.0. The van der Waals surface area contributed by atoms with Gasteiger partial charge in [0.05, 0.1) is 17.8 Å². The summed E-state index contributed by atoms with van der Waals surface area (Å²) in [6.45, 7) is 2.12. The van der Waals surface area contributed by atoms with E-state index in [-0.39, 0.29) is 0 Å². The number of aryl methyl sites for hydroxylation is 1. The molecule has 1 aromatic heterocycles. The zero-order valence-corrected chi connectivity index (χ0v) is 13.2. The molecule has 6 heteroatoms. The maximum Gasteiger partial charge on any atom is 0.249 e. The van der Waals surface area contributed by atoms with Crippen molar-refractivity contribution in [2.24, 2.45) is 0 Å². The molecule has 0 unspecified atom stereocenters. The van der Waals surface area contributed by atoms with Crippen molar-refractivity contribution in [3.63, 3.8) is 0 Å². The fourth-order valence-electron chi connectivity index (χ4n) is 2.15. The summed E-state index contributed by atoms with van der Waals surface area (Å²) in [5.41, 5.74) is 3.62. The van der Waals surface area contributed by atoms with Gasteiger partial charge >= 0.3 is 0 Å². The van der Waals surface area contributed by atoms with Crippen LogP contribution in [-0.4, -0.2) is 15.2 Å². The zero-order chi connectivity index (χ0) is 16.8. The van der Waals surface area contributed by atoms with Crippen molar-refractivity contribution in [3.8, 4) is 6.07 Å². The van der Waals surface area contributed by atoms with Gasteiger partial charge in [0.15, 0.2) is 5.82 Å². The Balaban J connectivity index is 1.72. The monoisotopic (exact) mass is 316 g/mol. The van der Waals surface area contributed by atoms with Crippen LogP contribution in [0.4, 0.5) is 23.1 Å². The SMILES string of the molecule is CCc1ccc(Nc2cnnc(Nc3ccc(C#N)cc3)n2)cc1. The molecule has 0 aliphatic carbocycles. The molecule has 3 aromatic rings. The van der Waals surface area contributed by atoms with Gasteiger partial charge in [-0.1, -0.05) is 19.1 Å². The molecule has 0 saturated heterocycles. The van der Waals surface area contributed by atoms with E-state index < -0.39 is 0 Å². The first kappa shape index (κ1) is 15.4. The van der Waals surface area contributed by atoms with Crippen LogP contribution in [0.25, 0.3) is 0 Å². The minimum atomic E-state index is 0.384. The number of nitrogens with one attached hydrogen (secondary N) is 2. The molecule has 0 fully saturated rings. The Kier molecular flexibility index (Phi) is 4.63. The zero-order valence-electron chi connectivity index (χ0n) is 13.2. The Morgan fingerprint density at radius 2 is 1.62 bits per heavy atom. The van der Waals surface area contributed by atoms with Crippen LogP contribution in [0.2, 0.25) is 0 Å². The number of benzene rings is 2. The van der Waals surface area contributed by atoms with Crippen LogP contribution in [0.3, 0.4) is 0 Å². The van der Waals surface area contributed by atoms with Crippen LogP contribution in [-0.2, 0) is 6.42 Å². The van der Waals surface area contributed by atoms with E-state index in [0.717, 1.165) is 17.8 Å². The van der Waals surface area contributed by atoms with Gasteiger partial charge in [-0.25, -0.2) is 0 Å². The molecule has 3 rings (SSSR count). The maximum absolute atomic E-state index is 8.81. The van der Waals surface area contributed by atoms with Crippen molar-refractivity contribution in [1.82, 2.24) is 15.2 Å². The van der Waals surface area contributed by atoms with Gasteiger partial charge in [-0.2, -0.15) is 15.3 Å². The standard InChI is InChI=1S/C18H16N6/c1-2-13-3-7-15(8-4-13)21-17-12-20-24-18(23-17)22-16-9-5-14(11-19)6-10-16/h3-10,12H,2H2,1H3,(H2,21,22,23,24). The third-order valence-corrected chi connectivity index (χ3v) is 3.46. The molecule has 1 heterocycles. The highest BCUT2D eigenvalue weighted by molar-refractivity contribution is 5.59. The van der Waals surface area contributed by atoms with Gasteiger partial charge in [-0.15, -0.1) is 5.10 Å². The lowest BCUT2D eigenvalue weighted by Crippen LogP contribution is -2.02. The molecule has 118 valence electrons. The number of aromatic nitrogens is 3. The quantitative estimate of drug-likeness (QED) is 0.744. The Morgan fingerprint density at radius 3 is 2.29 bits per heavy atom. The molecule has 0 aliphatic rings. The van der Waals surface area contributed by atoms with Crippen molar-refractivity contribution in [3.05, 3.63) is 65.9 Å². The average Bonchev–Trinajstić information content (AvgIpc) is 2.63. The Labute approximate surface area is 140 Å². The number of anilines is 4. The molecule has 0 aliphatic heterocycles. The molecule has 2 N–H and O–H groups in total. The largest absolute Gasteiger partial charge is 0.339 e. The lowest BCUT2D eigenvalue weighted by molar-refractivity contribution is 0.982. The first-order valence-electron chi connectivity index (χ1n) is 7.59. The van der Waals surface area contributed by atoms with Gasteiger partial charge < -0.3 is 10.6 Å². The highest BCUT2D eigenvalue weighted by Gasteiger charge is 2.02. The summed E-state index contributed by atoms with van der Waals surface area (Å²) in [6.07, 6.45) is 2.58. The minimum absolute atomic E-state index is 0.384. The van der Waals surface area contributed by atoms with E-state index in [1.54, 1.807) is 30.5 Å². The fourth-order valence-corrected chi connectivity index (χ4v) is 2.15. The van der Waals surface area contributed by atoms with E-state index in [1.165, 1.54) is 5.56 Å².